The van der Waals surface area contributed by atoms with Gasteiger partial charge in [-0.1, -0.05) is 24.6 Å². The van der Waals surface area contributed by atoms with Crippen molar-refractivity contribution in [2.45, 2.75) is 18.4 Å². The predicted octanol–water partition coefficient (Wildman–Crippen LogP) is 1.70. The molecule has 0 unspecified atom stereocenters. The molecule has 0 fully saturated rings. The fourth-order valence-electron chi connectivity index (χ4n) is 1.37. The standard InChI is InChI=1S/C11H17ClN2O2S/c1-4-14(3)17(15,16)10-6-5-9(8-13-2)11(12)7-10/h5-7,13H,4,8H2,1-3H3. The smallest absolute Gasteiger partial charge is 0.242 e. The van der Waals surface area contributed by atoms with Gasteiger partial charge in [0.1, 0.15) is 0 Å². The van der Waals surface area contributed by atoms with Gasteiger partial charge in [-0.25, -0.2) is 12.7 Å². The van der Waals surface area contributed by atoms with Crippen molar-refractivity contribution < 1.29 is 8.42 Å². The summed E-state index contributed by atoms with van der Waals surface area (Å²) in [6, 6.07) is 4.81. The van der Waals surface area contributed by atoms with Gasteiger partial charge in [-0.15, -0.1) is 0 Å². The Morgan fingerprint density at radius 2 is 2.06 bits per heavy atom. The Balaban J connectivity index is 3.14. The monoisotopic (exact) mass is 276 g/mol. The lowest BCUT2D eigenvalue weighted by Gasteiger charge is -2.15. The molecule has 96 valence electrons. The van der Waals surface area contributed by atoms with Gasteiger partial charge in [-0.3, -0.25) is 0 Å². The molecule has 0 saturated carbocycles. The van der Waals surface area contributed by atoms with E-state index in [1.54, 1.807) is 26.1 Å². The number of nitrogens with one attached hydrogen (secondary N) is 1. The molecule has 0 aliphatic heterocycles. The Morgan fingerprint density at radius 1 is 1.41 bits per heavy atom. The summed E-state index contributed by atoms with van der Waals surface area (Å²) in [6.07, 6.45) is 0. The van der Waals surface area contributed by atoms with Crippen LogP contribution in [0.3, 0.4) is 0 Å². The van der Waals surface area contributed by atoms with E-state index in [0.29, 0.717) is 18.1 Å². The van der Waals surface area contributed by atoms with Crippen LogP contribution >= 0.6 is 11.6 Å². The molecule has 1 rings (SSSR count). The highest BCUT2D eigenvalue weighted by molar-refractivity contribution is 7.89. The molecule has 0 radical (unpaired) electrons. The summed E-state index contributed by atoms with van der Waals surface area (Å²) in [5.41, 5.74) is 0.882. The number of hydrogen-bond acceptors (Lipinski definition) is 3. The van der Waals surface area contributed by atoms with E-state index >= 15 is 0 Å². The fraction of sp³-hybridized carbons (Fsp3) is 0.455. The maximum absolute atomic E-state index is 12.0. The molecular formula is C11H17ClN2O2S. The molecule has 1 aromatic carbocycles. The van der Waals surface area contributed by atoms with Gasteiger partial charge in [0.15, 0.2) is 0 Å². The minimum absolute atomic E-state index is 0.228. The van der Waals surface area contributed by atoms with Crippen molar-refractivity contribution in [1.29, 1.82) is 0 Å². The van der Waals surface area contributed by atoms with Crippen LogP contribution in [0.4, 0.5) is 0 Å². The quantitative estimate of drug-likeness (QED) is 0.891. The van der Waals surface area contributed by atoms with Crippen LogP contribution in [0.1, 0.15) is 12.5 Å². The average molecular weight is 277 g/mol. The van der Waals surface area contributed by atoms with Gasteiger partial charge < -0.3 is 5.32 Å². The molecule has 4 nitrogen and oxygen atoms in total. The van der Waals surface area contributed by atoms with Crippen molar-refractivity contribution in [3.8, 4) is 0 Å². The summed E-state index contributed by atoms with van der Waals surface area (Å²) in [5, 5.41) is 3.44. The molecule has 0 saturated heterocycles. The van der Waals surface area contributed by atoms with E-state index in [-0.39, 0.29) is 4.90 Å². The van der Waals surface area contributed by atoms with Crippen LogP contribution in [0.5, 0.6) is 0 Å². The zero-order valence-electron chi connectivity index (χ0n) is 10.2. The number of sulfonamides is 1. The Morgan fingerprint density at radius 3 is 2.53 bits per heavy atom. The first-order valence-corrected chi connectivity index (χ1v) is 7.14. The molecular weight excluding hydrogens is 260 g/mol. The lowest BCUT2D eigenvalue weighted by Crippen LogP contribution is -2.26. The molecule has 0 spiro atoms. The number of hydrogen-bond donors (Lipinski definition) is 1. The van der Waals surface area contributed by atoms with E-state index in [1.807, 2.05) is 7.05 Å². The number of nitrogens with zero attached hydrogens (tertiary/aromatic N) is 1. The largest absolute Gasteiger partial charge is 0.316 e. The fourth-order valence-corrected chi connectivity index (χ4v) is 2.89. The van der Waals surface area contributed by atoms with Gasteiger partial charge in [-0.2, -0.15) is 0 Å². The third-order valence-electron chi connectivity index (χ3n) is 2.55. The Labute approximate surface area is 108 Å². The predicted molar refractivity (Wildman–Crippen MR) is 69.7 cm³/mol. The molecule has 17 heavy (non-hydrogen) atoms. The number of rotatable bonds is 5. The van der Waals surface area contributed by atoms with Crippen LogP contribution in [-0.4, -0.2) is 33.4 Å². The minimum atomic E-state index is -3.41. The van der Waals surface area contributed by atoms with Crippen molar-refractivity contribution in [1.82, 2.24) is 9.62 Å². The second kappa shape index (κ2) is 5.82. The minimum Gasteiger partial charge on any atom is -0.316 e. The first-order chi connectivity index (χ1) is 7.93. The number of benzene rings is 1. The van der Waals surface area contributed by atoms with Crippen molar-refractivity contribution in [3.63, 3.8) is 0 Å². The van der Waals surface area contributed by atoms with Crippen LogP contribution in [0.15, 0.2) is 23.1 Å². The van der Waals surface area contributed by atoms with Gasteiger partial charge >= 0.3 is 0 Å². The van der Waals surface area contributed by atoms with Crippen LogP contribution in [0, 0.1) is 0 Å². The van der Waals surface area contributed by atoms with Gasteiger partial charge in [0.2, 0.25) is 10.0 Å². The van der Waals surface area contributed by atoms with Crippen LogP contribution < -0.4 is 5.32 Å². The van der Waals surface area contributed by atoms with Crippen LogP contribution in [-0.2, 0) is 16.6 Å². The maximum atomic E-state index is 12.0. The molecule has 0 atom stereocenters. The second-order valence-electron chi connectivity index (χ2n) is 3.70. The zero-order chi connectivity index (χ0) is 13.1. The van der Waals surface area contributed by atoms with Crippen LogP contribution in [0.25, 0.3) is 0 Å². The highest BCUT2D eigenvalue weighted by atomic mass is 35.5. The van der Waals surface area contributed by atoms with E-state index in [1.165, 1.54) is 10.4 Å². The first kappa shape index (κ1) is 14.4. The Kier molecular flexibility index (Phi) is 4.94. The molecule has 0 amide bonds. The first-order valence-electron chi connectivity index (χ1n) is 5.32. The molecule has 0 bridgehead atoms. The lowest BCUT2D eigenvalue weighted by atomic mass is 10.2. The van der Waals surface area contributed by atoms with E-state index in [4.69, 9.17) is 11.6 Å². The van der Waals surface area contributed by atoms with Gasteiger partial charge in [-0.05, 0) is 24.7 Å². The van der Waals surface area contributed by atoms with E-state index < -0.39 is 10.0 Å². The van der Waals surface area contributed by atoms with Gasteiger partial charge in [0.05, 0.1) is 4.90 Å². The van der Waals surface area contributed by atoms with Crippen molar-refractivity contribution >= 4 is 21.6 Å². The SMILES string of the molecule is CCN(C)S(=O)(=O)c1ccc(CNC)c(Cl)c1. The third kappa shape index (κ3) is 3.19. The summed E-state index contributed by atoms with van der Waals surface area (Å²) in [5.74, 6) is 0. The highest BCUT2D eigenvalue weighted by Crippen LogP contribution is 2.22. The summed E-state index contributed by atoms with van der Waals surface area (Å²) in [4.78, 5) is 0.228. The lowest BCUT2D eigenvalue weighted by molar-refractivity contribution is 0.486. The molecule has 0 aliphatic rings. The molecule has 1 N–H and O–H groups in total. The summed E-state index contributed by atoms with van der Waals surface area (Å²) >= 11 is 6.04. The topological polar surface area (TPSA) is 49.4 Å². The zero-order valence-corrected chi connectivity index (χ0v) is 11.8. The van der Waals surface area contributed by atoms with Crippen molar-refractivity contribution in [3.05, 3.63) is 28.8 Å². The molecule has 6 heteroatoms. The Hall–Kier alpha value is -0.620. The van der Waals surface area contributed by atoms with E-state index in [0.717, 1.165) is 5.56 Å². The summed E-state index contributed by atoms with van der Waals surface area (Å²) < 4.78 is 25.4. The van der Waals surface area contributed by atoms with Gasteiger partial charge in [0, 0.05) is 25.2 Å². The highest BCUT2D eigenvalue weighted by Gasteiger charge is 2.19. The Bertz CT molecular complexity index is 488. The summed E-state index contributed by atoms with van der Waals surface area (Å²) in [6.45, 7) is 2.83. The van der Waals surface area contributed by atoms with Gasteiger partial charge in [0.25, 0.3) is 0 Å². The third-order valence-corrected chi connectivity index (χ3v) is 4.83. The van der Waals surface area contributed by atoms with Crippen molar-refractivity contribution in [2.75, 3.05) is 20.6 Å². The second-order valence-corrected chi connectivity index (χ2v) is 6.15. The normalized spacial score (nSPS) is 12.1. The van der Waals surface area contributed by atoms with E-state index in [9.17, 15) is 8.42 Å². The van der Waals surface area contributed by atoms with Crippen molar-refractivity contribution in [2.24, 2.45) is 0 Å². The average Bonchev–Trinajstić information content (AvgIpc) is 2.30. The number of halogens is 1. The van der Waals surface area contributed by atoms with Crippen LogP contribution in [0.2, 0.25) is 5.02 Å². The molecule has 0 heterocycles. The molecule has 0 aliphatic carbocycles. The maximum Gasteiger partial charge on any atom is 0.242 e. The molecule has 1 aromatic rings. The van der Waals surface area contributed by atoms with E-state index in [2.05, 4.69) is 5.32 Å². The molecule has 0 aromatic heterocycles. The summed E-state index contributed by atoms with van der Waals surface area (Å²) in [7, 11) is -0.0570.